The van der Waals surface area contributed by atoms with E-state index >= 15 is 0 Å². The van der Waals surface area contributed by atoms with Crippen LogP contribution >= 0.6 is 12.4 Å². The SMILES string of the molecule is Cl.O=C1NC(c2ccccc2)N(C2CCNCC2)N1. The Hall–Kier alpha value is -1.30. The van der Waals surface area contributed by atoms with Crippen LogP contribution in [0, 0.1) is 0 Å². The molecular formula is C13H19ClN4O. The lowest BCUT2D eigenvalue weighted by molar-refractivity contribution is 0.0942. The quantitative estimate of drug-likeness (QED) is 0.768. The molecular weight excluding hydrogens is 264 g/mol. The van der Waals surface area contributed by atoms with Crippen LogP contribution in [-0.4, -0.2) is 30.2 Å². The average molecular weight is 283 g/mol. The Bertz CT molecular complexity index is 422. The Balaban J connectivity index is 0.00000133. The minimum Gasteiger partial charge on any atom is -0.317 e. The summed E-state index contributed by atoms with van der Waals surface area (Å²) in [6, 6.07) is 10.4. The van der Waals surface area contributed by atoms with Crippen molar-refractivity contribution < 1.29 is 4.79 Å². The van der Waals surface area contributed by atoms with Gasteiger partial charge < -0.3 is 10.6 Å². The van der Waals surface area contributed by atoms with Gasteiger partial charge >= 0.3 is 6.03 Å². The zero-order valence-electron chi connectivity index (χ0n) is 10.6. The van der Waals surface area contributed by atoms with Crippen LogP contribution in [0.1, 0.15) is 24.6 Å². The van der Waals surface area contributed by atoms with Gasteiger partial charge in [0.05, 0.1) is 0 Å². The molecule has 2 fully saturated rings. The van der Waals surface area contributed by atoms with Crippen molar-refractivity contribution in [3.63, 3.8) is 0 Å². The Labute approximate surface area is 119 Å². The van der Waals surface area contributed by atoms with Crippen LogP contribution in [0.5, 0.6) is 0 Å². The van der Waals surface area contributed by atoms with Crippen LogP contribution in [0.15, 0.2) is 30.3 Å². The maximum absolute atomic E-state index is 11.6. The van der Waals surface area contributed by atoms with E-state index < -0.39 is 0 Å². The fourth-order valence-corrected chi connectivity index (χ4v) is 2.67. The highest BCUT2D eigenvalue weighted by Gasteiger charge is 2.35. The molecule has 1 aromatic rings. The number of halogens is 1. The van der Waals surface area contributed by atoms with Crippen LogP contribution in [0.2, 0.25) is 0 Å². The van der Waals surface area contributed by atoms with E-state index in [1.54, 1.807) is 0 Å². The minimum absolute atomic E-state index is 0. The molecule has 5 nitrogen and oxygen atoms in total. The minimum atomic E-state index is -0.109. The average Bonchev–Trinajstić information content (AvgIpc) is 2.83. The predicted molar refractivity (Wildman–Crippen MR) is 75.8 cm³/mol. The van der Waals surface area contributed by atoms with E-state index in [4.69, 9.17) is 0 Å². The van der Waals surface area contributed by atoms with Gasteiger partial charge in [0.15, 0.2) is 0 Å². The summed E-state index contributed by atoms with van der Waals surface area (Å²) in [4.78, 5) is 11.6. The first-order chi connectivity index (χ1) is 8.84. The number of carbonyl (C=O) groups is 1. The van der Waals surface area contributed by atoms with E-state index in [9.17, 15) is 4.79 Å². The van der Waals surface area contributed by atoms with Crippen molar-refractivity contribution in [3.05, 3.63) is 35.9 Å². The van der Waals surface area contributed by atoms with Crippen LogP contribution in [0.25, 0.3) is 0 Å². The summed E-state index contributed by atoms with van der Waals surface area (Å²) >= 11 is 0. The molecule has 1 atom stereocenters. The molecule has 0 aromatic heterocycles. The van der Waals surface area contributed by atoms with Crippen LogP contribution < -0.4 is 16.1 Å². The number of rotatable bonds is 2. The number of hydrazine groups is 1. The molecule has 19 heavy (non-hydrogen) atoms. The maximum Gasteiger partial charge on any atom is 0.330 e. The van der Waals surface area contributed by atoms with Crippen molar-refractivity contribution in [1.82, 2.24) is 21.1 Å². The molecule has 3 N–H and O–H groups in total. The molecule has 1 unspecified atom stereocenters. The number of benzene rings is 1. The topological polar surface area (TPSA) is 56.4 Å². The summed E-state index contributed by atoms with van der Waals surface area (Å²) in [7, 11) is 0. The van der Waals surface area contributed by atoms with Crippen molar-refractivity contribution in [2.24, 2.45) is 0 Å². The Morgan fingerprint density at radius 1 is 1.11 bits per heavy atom. The standard InChI is InChI=1S/C13H18N4O.ClH/c18-13-15-12(10-4-2-1-3-5-10)17(16-13)11-6-8-14-9-7-11;/h1-5,11-12,14H,6-9H2,(H2,15,16,18);1H. The second-order valence-electron chi connectivity index (χ2n) is 4.79. The number of amides is 2. The number of nitrogens with one attached hydrogen (secondary N) is 3. The molecule has 0 radical (unpaired) electrons. The lowest BCUT2D eigenvalue weighted by Gasteiger charge is -2.34. The zero-order valence-corrected chi connectivity index (χ0v) is 11.5. The van der Waals surface area contributed by atoms with Crippen molar-refractivity contribution >= 4 is 18.4 Å². The molecule has 2 amide bonds. The maximum atomic E-state index is 11.6. The first kappa shape index (κ1) is 14.1. The summed E-state index contributed by atoms with van der Waals surface area (Å²) in [5.41, 5.74) is 4.05. The normalized spacial score (nSPS) is 24.4. The summed E-state index contributed by atoms with van der Waals surface area (Å²) in [5, 5.41) is 8.39. The summed E-state index contributed by atoms with van der Waals surface area (Å²) < 4.78 is 0. The molecule has 6 heteroatoms. The number of urea groups is 1. The van der Waals surface area contributed by atoms with Gasteiger partial charge in [0.2, 0.25) is 0 Å². The van der Waals surface area contributed by atoms with Crippen molar-refractivity contribution in [3.8, 4) is 0 Å². The number of carbonyl (C=O) groups excluding carboxylic acids is 1. The molecule has 0 aliphatic carbocycles. The lowest BCUT2D eigenvalue weighted by Crippen LogP contribution is -2.48. The van der Waals surface area contributed by atoms with E-state index in [1.807, 2.05) is 30.3 Å². The number of hydrogen-bond acceptors (Lipinski definition) is 3. The van der Waals surface area contributed by atoms with E-state index in [2.05, 4.69) is 21.1 Å². The highest BCUT2D eigenvalue weighted by Crippen LogP contribution is 2.25. The monoisotopic (exact) mass is 282 g/mol. The van der Waals surface area contributed by atoms with E-state index in [-0.39, 0.29) is 24.6 Å². The van der Waals surface area contributed by atoms with Gasteiger partial charge in [0, 0.05) is 6.04 Å². The van der Waals surface area contributed by atoms with Gasteiger partial charge in [-0.1, -0.05) is 30.3 Å². The fourth-order valence-electron chi connectivity index (χ4n) is 2.67. The van der Waals surface area contributed by atoms with Crippen LogP contribution in [0.4, 0.5) is 4.79 Å². The largest absolute Gasteiger partial charge is 0.330 e. The molecule has 0 spiro atoms. The van der Waals surface area contributed by atoms with Crippen molar-refractivity contribution in [1.29, 1.82) is 0 Å². The molecule has 2 saturated heterocycles. The summed E-state index contributed by atoms with van der Waals surface area (Å²) in [5.74, 6) is 0. The summed E-state index contributed by atoms with van der Waals surface area (Å²) in [6.45, 7) is 2.02. The zero-order chi connectivity index (χ0) is 12.4. The molecule has 2 aliphatic heterocycles. The third-order valence-electron chi connectivity index (χ3n) is 3.59. The molecule has 2 heterocycles. The smallest absolute Gasteiger partial charge is 0.317 e. The molecule has 2 aliphatic rings. The van der Waals surface area contributed by atoms with E-state index in [0.29, 0.717) is 6.04 Å². The van der Waals surface area contributed by atoms with Gasteiger partial charge in [-0.05, 0) is 31.5 Å². The lowest BCUT2D eigenvalue weighted by atomic mass is 10.0. The molecule has 3 rings (SSSR count). The van der Waals surface area contributed by atoms with Gasteiger partial charge in [0.1, 0.15) is 6.17 Å². The highest BCUT2D eigenvalue weighted by molar-refractivity contribution is 5.85. The van der Waals surface area contributed by atoms with Crippen molar-refractivity contribution in [2.75, 3.05) is 13.1 Å². The van der Waals surface area contributed by atoms with Gasteiger partial charge in [0.25, 0.3) is 0 Å². The highest BCUT2D eigenvalue weighted by atomic mass is 35.5. The number of piperidine rings is 1. The molecule has 1 aromatic carbocycles. The van der Waals surface area contributed by atoms with Crippen LogP contribution in [0.3, 0.4) is 0 Å². The van der Waals surface area contributed by atoms with E-state index in [1.165, 1.54) is 0 Å². The van der Waals surface area contributed by atoms with Gasteiger partial charge in [-0.2, -0.15) is 5.01 Å². The molecule has 104 valence electrons. The van der Waals surface area contributed by atoms with Crippen molar-refractivity contribution in [2.45, 2.75) is 25.0 Å². The summed E-state index contributed by atoms with van der Waals surface area (Å²) in [6.07, 6.45) is 2.07. The second kappa shape index (κ2) is 6.23. The van der Waals surface area contributed by atoms with E-state index in [0.717, 1.165) is 31.5 Å². The first-order valence-electron chi connectivity index (χ1n) is 6.46. The molecule has 0 bridgehead atoms. The van der Waals surface area contributed by atoms with Gasteiger partial charge in [-0.15, -0.1) is 12.4 Å². The van der Waals surface area contributed by atoms with Crippen LogP contribution in [-0.2, 0) is 0 Å². The third kappa shape index (κ3) is 3.00. The Kier molecular flexibility index (Phi) is 4.63. The Morgan fingerprint density at radius 3 is 2.47 bits per heavy atom. The predicted octanol–water partition coefficient (Wildman–Crippen LogP) is 1.39. The third-order valence-corrected chi connectivity index (χ3v) is 3.59. The molecule has 0 saturated carbocycles. The number of hydrogen-bond donors (Lipinski definition) is 3. The first-order valence-corrected chi connectivity index (χ1v) is 6.46. The Morgan fingerprint density at radius 2 is 1.79 bits per heavy atom. The van der Waals surface area contributed by atoms with Gasteiger partial charge in [-0.3, -0.25) is 5.43 Å². The van der Waals surface area contributed by atoms with Gasteiger partial charge in [-0.25, -0.2) is 4.79 Å². The number of nitrogens with zero attached hydrogens (tertiary/aromatic N) is 1. The second-order valence-corrected chi connectivity index (χ2v) is 4.79. The fraction of sp³-hybridized carbons (Fsp3) is 0.462.